The van der Waals surface area contributed by atoms with E-state index in [1.165, 1.54) is 18.7 Å². The van der Waals surface area contributed by atoms with Crippen molar-refractivity contribution in [1.82, 2.24) is 0 Å². The Morgan fingerprint density at radius 2 is 1.86 bits per heavy atom. The van der Waals surface area contributed by atoms with Crippen molar-refractivity contribution in [1.29, 1.82) is 0 Å². The van der Waals surface area contributed by atoms with E-state index in [1.54, 1.807) is 12.1 Å². The van der Waals surface area contributed by atoms with Crippen LogP contribution >= 0.6 is 0 Å². The number of hydrogen-bond acceptors (Lipinski definition) is 7. The van der Waals surface area contributed by atoms with Crippen molar-refractivity contribution in [2.45, 2.75) is 67.5 Å². The predicted octanol–water partition coefficient (Wildman–Crippen LogP) is 2.07. The van der Waals surface area contributed by atoms with Crippen LogP contribution < -0.4 is 0 Å². The molecule has 2 heterocycles. The van der Waals surface area contributed by atoms with Gasteiger partial charge in [-0.3, -0.25) is 4.18 Å². The fraction of sp³-hybridized carbons (Fsp3) is 0.632. The number of aliphatic hydroxyl groups is 1. The van der Waals surface area contributed by atoms with Gasteiger partial charge >= 0.3 is 31.1 Å². The molecule has 1 aromatic carbocycles. The van der Waals surface area contributed by atoms with Gasteiger partial charge in [0.25, 0.3) is 10.1 Å². The number of hydrogen-bond donors (Lipinski definition) is 1. The summed E-state index contributed by atoms with van der Waals surface area (Å²) in [5.41, 5.74) is -0.352. The number of rotatable bonds is 5. The van der Waals surface area contributed by atoms with Gasteiger partial charge in [-0.05, 0) is 38.0 Å². The first kappa shape index (κ1) is 22.7. The van der Waals surface area contributed by atoms with Crippen molar-refractivity contribution in [3.05, 3.63) is 36.4 Å². The maximum atomic E-state index is 12.5. The summed E-state index contributed by atoms with van der Waals surface area (Å²) in [6, 6.07) is 6.39. The van der Waals surface area contributed by atoms with Crippen molar-refractivity contribution in [3.63, 3.8) is 0 Å². The number of aryl methyl sites for hydroxylation is 1. The first-order chi connectivity index (χ1) is 12.9. The van der Waals surface area contributed by atoms with Crippen LogP contribution in [0.25, 0.3) is 0 Å². The van der Waals surface area contributed by atoms with Crippen LogP contribution in [0.1, 0.15) is 37.7 Å². The standard InChI is InChI=1S/C19H25O7S.U/c1-14-5-7-15(8-6-14)27(21,22)24-13-18(12-20)17-16(11-23-18)25-19(26-17)9-3-2-4-10-19;/h5-8,11,16-17,20H,2-4,9-10,12-13H2,1H3;/q-1;+2. The van der Waals surface area contributed by atoms with E-state index in [1.807, 2.05) is 6.92 Å². The monoisotopic (exact) mass is 635 g/mol. The molecule has 28 heavy (non-hydrogen) atoms. The smallest absolute Gasteiger partial charge is 0.540 e. The van der Waals surface area contributed by atoms with Crippen LogP contribution in [0.5, 0.6) is 0 Å². The summed E-state index contributed by atoms with van der Waals surface area (Å²) in [4.78, 5) is 0.0621. The molecule has 2 saturated heterocycles. The van der Waals surface area contributed by atoms with Gasteiger partial charge in [-0.2, -0.15) is 15.0 Å². The normalized spacial score (nSPS) is 31.5. The second-order valence-electron chi connectivity index (χ2n) is 7.60. The van der Waals surface area contributed by atoms with Gasteiger partial charge in [-0.1, -0.05) is 24.1 Å². The summed E-state index contributed by atoms with van der Waals surface area (Å²) < 4.78 is 48.2. The van der Waals surface area contributed by atoms with Gasteiger partial charge in [-0.15, -0.1) is 0 Å². The molecule has 0 radical (unpaired) electrons. The summed E-state index contributed by atoms with van der Waals surface area (Å²) in [7, 11) is -3.98. The van der Waals surface area contributed by atoms with Gasteiger partial charge in [0.1, 0.15) is 5.60 Å². The Morgan fingerprint density at radius 3 is 2.50 bits per heavy atom. The molecule has 3 unspecified atom stereocenters. The molecule has 0 amide bonds. The van der Waals surface area contributed by atoms with Gasteiger partial charge in [0.2, 0.25) is 0 Å². The van der Waals surface area contributed by atoms with Crippen molar-refractivity contribution >= 4 is 10.1 Å². The maximum absolute atomic E-state index is 12.5. The third-order valence-electron chi connectivity index (χ3n) is 5.60. The molecule has 152 valence electrons. The molecule has 9 heteroatoms. The van der Waals surface area contributed by atoms with Gasteiger partial charge in [0.15, 0.2) is 5.79 Å². The Hall–Kier alpha value is 0.0219. The second kappa shape index (κ2) is 8.64. The number of aliphatic hydroxyl groups excluding tert-OH is 1. The fourth-order valence-electron chi connectivity index (χ4n) is 3.98. The number of benzene rings is 1. The van der Waals surface area contributed by atoms with Crippen LogP contribution in [0.15, 0.2) is 29.2 Å². The Bertz CT molecular complexity index is 776. The van der Waals surface area contributed by atoms with Crippen LogP contribution in [0.4, 0.5) is 0 Å². The minimum absolute atomic E-state index is 0. The third kappa shape index (κ3) is 4.24. The van der Waals surface area contributed by atoms with Crippen molar-refractivity contribution < 1.29 is 63.0 Å². The van der Waals surface area contributed by atoms with E-state index in [4.69, 9.17) is 18.4 Å². The molecule has 4 rings (SSSR count). The molecule has 3 aliphatic rings. The second-order valence-corrected chi connectivity index (χ2v) is 9.21. The van der Waals surface area contributed by atoms with Crippen LogP contribution in [-0.2, 0) is 28.5 Å². The molecular weight excluding hydrogens is 610 g/mol. The molecule has 1 aromatic rings. The first-order valence-electron chi connectivity index (χ1n) is 9.32. The molecule has 2 aliphatic heterocycles. The van der Waals surface area contributed by atoms with Crippen LogP contribution in [-0.4, -0.2) is 50.3 Å². The summed E-state index contributed by atoms with van der Waals surface area (Å²) >= 11 is 0. The molecule has 3 fully saturated rings. The fourth-order valence-corrected chi connectivity index (χ4v) is 4.94. The molecule has 1 N–H and O–H groups in total. The van der Waals surface area contributed by atoms with Crippen LogP contribution in [0.3, 0.4) is 0 Å². The minimum Gasteiger partial charge on any atom is -0.540 e. The van der Waals surface area contributed by atoms with Gasteiger partial charge < -0.3 is 19.3 Å². The summed E-state index contributed by atoms with van der Waals surface area (Å²) in [6.07, 6.45) is 3.72. The largest absolute Gasteiger partial charge is 2.00 e. The first-order valence-corrected chi connectivity index (χ1v) is 10.7. The molecular formula is C19H25O7SU+. The van der Waals surface area contributed by atoms with Crippen LogP contribution in [0, 0.1) is 44.6 Å². The van der Waals surface area contributed by atoms with E-state index in [2.05, 4.69) is 0 Å². The van der Waals surface area contributed by atoms with Crippen molar-refractivity contribution in [2.75, 3.05) is 13.2 Å². The zero-order chi connectivity index (χ0) is 19.1. The Labute approximate surface area is 189 Å². The minimum atomic E-state index is -3.98. The molecule has 0 bridgehead atoms. The average Bonchev–Trinajstić information content (AvgIpc) is 3.17. The van der Waals surface area contributed by atoms with Gasteiger partial charge in [0.05, 0.1) is 24.2 Å². The molecule has 1 saturated carbocycles. The SMILES string of the molecule is Cc1ccc(S(=O)(=O)OCC2(CO)O[CH-]C3OC4(CCCCC4)OC32)cc1.[U+2]. The number of ether oxygens (including phenoxy) is 3. The topological polar surface area (TPSA) is 91.3 Å². The number of fused-ring (bicyclic) bond motifs is 1. The van der Waals surface area contributed by atoms with E-state index in [-0.39, 0.29) is 42.6 Å². The van der Waals surface area contributed by atoms with E-state index >= 15 is 0 Å². The Morgan fingerprint density at radius 1 is 1.18 bits per heavy atom. The van der Waals surface area contributed by atoms with E-state index in [0.29, 0.717) is 0 Å². The predicted molar refractivity (Wildman–Crippen MR) is 95.1 cm³/mol. The summed E-state index contributed by atoms with van der Waals surface area (Å²) in [5.74, 6) is -0.663. The van der Waals surface area contributed by atoms with Crippen molar-refractivity contribution in [2.24, 2.45) is 0 Å². The quantitative estimate of drug-likeness (QED) is 0.392. The molecule has 7 nitrogen and oxygen atoms in total. The zero-order valence-electron chi connectivity index (χ0n) is 15.8. The maximum Gasteiger partial charge on any atom is 2.00 e. The van der Waals surface area contributed by atoms with E-state index in [0.717, 1.165) is 37.7 Å². The van der Waals surface area contributed by atoms with Gasteiger partial charge in [-0.25, -0.2) is 0 Å². The van der Waals surface area contributed by atoms with E-state index in [9.17, 15) is 13.5 Å². The third-order valence-corrected chi connectivity index (χ3v) is 6.88. The molecule has 0 aromatic heterocycles. The molecule has 1 aliphatic carbocycles. The average molecular weight is 635 g/mol. The zero-order valence-corrected chi connectivity index (χ0v) is 20.8. The van der Waals surface area contributed by atoms with Crippen molar-refractivity contribution in [3.8, 4) is 0 Å². The molecule has 1 spiro atoms. The summed E-state index contributed by atoms with van der Waals surface area (Å²) in [6.45, 7) is 2.58. The summed E-state index contributed by atoms with van der Waals surface area (Å²) in [5, 5.41) is 10.00. The Balaban J connectivity index is 0.00000225. The van der Waals surface area contributed by atoms with Crippen LogP contribution in [0.2, 0.25) is 0 Å². The Kier molecular flexibility index (Phi) is 7.00. The van der Waals surface area contributed by atoms with Gasteiger partial charge in [0, 0.05) is 12.8 Å². The van der Waals surface area contributed by atoms with E-state index < -0.39 is 40.3 Å². The molecule has 3 atom stereocenters.